The number of fused-ring (bicyclic) bond motifs is 1. The lowest BCUT2D eigenvalue weighted by Crippen LogP contribution is -2.45. The van der Waals surface area contributed by atoms with Gasteiger partial charge in [-0.25, -0.2) is 9.97 Å². The number of aromatic nitrogens is 4. The third kappa shape index (κ3) is 3.59. The molecule has 0 saturated carbocycles. The van der Waals surface area contributed by atoms with E-state index < -0.39 is 0 Å². The second-order valence-electron chi connectivity index (χ2n) is 7.54. The van der Waals surface area contributed by atoms with E-state index in [9.17, 15) is 0 Å². The van der Waals surface area contributed by atoms with Crippen molar-refractivity contribution in [3.8, 4) is 11.4 Å². The Balaban J connectivity index is 1.53. The standard InChI is InChI=1S/C23H24N6/c1-27-13-15-28(16-14-27)23-24-12-11-20(25-23)22-19-9-5-6-10-21(19)29(26-22)17-18-7-3-2-4-8-18/h2-12H,13-17H2,1H3. The summed E-state index contributed by atoms with van der Waals surface area (Å²) in [5, 5.41) is 6.07. The van der Waals surface area contributed by atoms with Crippen LogP contribution in [0.25, 0.3) is 22.3 Å². The Bertz CT molecular complexity index is 1110. The van der Waals surface area contributed by atoms with Gasteiger partial charge in [0.05, 0.1) is 17.8 Å². The number of piperazine rings is 1. The molecule has 0 spiro atoms. The molecule has 0 amide bonds. The first-order valence-corrected chi connectivity index (χ1v) is 10.0. The zero-order chi connectivity index (χ0) is 19.6. The van der Waals surface area contributed by atoms with Crippen molar-refractivity contribution in [3.63, 3.8) is 0 Å². The van der Waals surface area contributed by atoms with Crippen LogP contribution in [-0.2, 0) is 6.54 Å². The van der Waals surface area contributed by atoms with Gasteiger partial charge in [-0.2, -0.15) is 5.10 Å². The molecule has 0 aliphatic carbocycles. The molecular weight excluding hydrogens is 360 g/mol. The number of rotatable bonds is 4. The molecule has 1 fully saturated rings. The van der Waals surface area contributed by atoms with Crippen LogP contribution in [0.5, 0.6) is 0 Å². The first-order chi connectivity index (χ1) is 14.3. The number of para-hydroxylation sites is 1. The van der Waals surface area contributed by atoms with Crippen molar-refractivity contribution >= 4 is 16.9 Å². The number of benzene rings is 2. The van der Waals surface area contributed by atoms with E-state index in [-0.39, 0.29) is 0 Å². The summed E-state index contributed by atoms with van der Waals surface area (Å²) in [7, 11) is 2.15. The summed E-state index contributed by atoms with van der Waals surface area (Å²) in [6.45, 7) is 4.69. The highest BCUT2D eigenvalue weighted by molar-refractivity contribution is 5.92. The monoisotopic (exact) mass is 384 g/mol. The fourth-order valence-corrected chi connectivity index (χ4v) is 3.83. The molecule has 0 N–H and O–H groups in total. The fraction of sp³-hybridized carbons (Fsp3) is 0.261. The summed E-state index contributed by atoms with van der Waals surface area (Å²) >= 11 is 0. The number of hydrogen-bond donors (Lipinski definition) is 0. The van der Waals surface area contributed by atoms with Gasteiger partial charge in [0, 0.05) is 37.8 Å². The van der Waals surface area contributed by atoms with Crippen LogP contribution in [-0.4, -0.2) is 57.9 Å². The van der Waals surface area contributed by atoms with Crippen LogP contribution in [0.2, 0.25) is 0 Å². The van der Waals surface area contributed by atoms with Gasteiger partial charge in [0.15, 0.2) is 0 Å². The maximum atomic E-state index is 4.95. The van der Waals surface area contributed by atoms with E-state index in [0.29, 0.717) is 0 Å². The molecule has 3 heterocycles. The molecule has 2 aromatic carbocycles. The Morgan fingerprint density at radius 1 is 0.862 bits per heavy atom. The molecule has 6 nitrogen and oxygen atoms in total. The highest BCUT2D eigenvalue weighted by atomic mass is 15.3. The van der Waals surface area contributed by atoms with Gasteiger partial charge in [-0.1, -0.05) is 48.5 Å². The van der Waals surface area contributed by atoms with Crippen molar-refractivity contribution < 1.29 is 0 Å². The van der Waals surface area contributed by atoms with Crippen molar-refractivity contribution in [2.45, 2.75) is 6.54 Å². The molecule has 4 aromatic rings. The van der Waals surface area contributed by atoms with E-state index in [1.807, 2.05) is 18.3 Å². The predicted molar refractivity (Wildman–Crippen MR) is 116 cm³/mol. The first-order valence-electron chi connectivity index (χ1n) is 10.0. The van der Waals surface area contributed by atoms with Crippen LogP contribution in [0.1, 0.15) is 5.56 Å². The molecule has 1 aliphatic rings. The second kappa shape index (κ2) is 7.64. The summed E-state index contributed by atoms with van der Waals surface area (Å²) in [6, 6.07) is 20.8. The van der Waals surface area contributed by atoms with Crippen molar-refractivity contribution in [3.05, 3.63) is 72.4 Å². The average molecular weight is 384 g/mol. The summed E-state index contributed by atoms with van der Waals surface area (Å²) in [5.41, 5.74) is 4.13. The zero-order valence-electron chi connectivity index (χ0n) is 16.6. The van der Waals surface area contributed by atoms with E-state index in [4.69, 9.17) is 10.1 Å². The van der Waals surface area contributed by atoms with E-state index in [1.165, 1.54) is 5.56 Å². The topological polar surface area (TPSA) is 50.1 Å². The number of nitrogens with zero attached hydrogens (tertiary/aromatic N) is 6. The summed E-state index contributed by atoms with van der Waals surface area (Å²) in [5.74, 6) is 0.789. The summed E-state index contributed by atoms with van der Waals surface area (Å²) < 4.78 is 2.07. The Morgan fingerprint density at radius 3 is 2.45 bits per heavy atom. The molecule has 0 bridgehead atoms. The molecule has 1 aliphatic heterocycles. The minimum atomic E-state index is 0.734. The third-order valence-corrected chi connectivity index (χ3v) is 5.50. The smallest absolute Gasteiger partial charge is 0.225 e. The highest BCUT2D eigenvalue weighted by Gasteiger charge is 2.19. The van der Waals surface area contributed by atoms with Gasteiger partial charge in [-0.05, 0) is 24.7 Å². The van der Waals surface area contributed by atoms with Crippen LogP contribution in [0, 0.1) is 0 Å². The van der Waals surface area contributed by atoms with E-state index >= 15 is 0 Å². The summed E-state index contributed by atoms with van der Waals surface area (Å²) in [4.78, 5) is 14.0. The maximum absolute atomic E-state index is 4.95. The SMILES string of the molecule is CN1CCN(c2nccc(-c3nn(Cc4ccccc4)c4ccccc34)n2)CC1. The minimum absolute atomic E-state index is 0.734. The molecule has 1 saturated heterocycles. The molecule has 146 valence electrons. The van der Waals surface area contributed by atoms with Crippen LogP contribution in [0.4, 0.5) is 5.95 Å². The third-order valence-electron chi connectivity index (χ3n) is 5.50. The molecule has 0 radical (unpaired) electrons. The van der Waals surface area contributed by atoms with Crippen molar-refractivity contribution in [2.75, 3.05) is 38.1 Å². The second-order valence-corrected chi connectivity index (χ2v) is 7.54. The number of likely N-dealkylation sites (N-methyl/N-ethyl adjacent to an activating group) is 1. The van der Waals surface area contributed by atoms with Gasteiger partial charge in [0.2, 0.25) is 5.95 Å². The van der Waals surface area contributed by atoms with Crippen LogP contribution in [0.3, 0.4) is 0 Å². The molecule has 2 aromatic heterocycles. The van der Waals surface area contributed by atoms with Gasteiger partial charge in [0.1, 0.15) is 5.69 Å². The Labute approximate surface area is 170 Å². The Kier molecular flexibility index (Phi) is 4.69. The minimum Gasteiger partial charge on any atom is -0.338 e. The molecule has 6 heteroatoms. The van der Waals surface area contributed by atoms with Crippen LogP contribution >= 0.6 is 0 Å². The van der Waals surface area contributed by atoms with Gasteiger partial charge in [-0.15, -0.1) is 0 Å². The van der Waals surface area contributed by atoms with Crippen LogP contribution in [0.15, 0.2) is 66.9 Å². The molecule has 29 heavy (non-hydrogen) atoms. The quantitative estimate of drug-likeness (QED) is 0.540. The van der Waals surface area contributed by atoms with E-state index in [1.54, 1.807) is 0 Å². The van der Waals surface area contributed by atoms with Gasteiger partial charge >= 0.3 is 0 Å². The normalized spacial score (nSPS) is 15.1. The highest BCUT2D eigenvalue weighted by Crippen LogP contribution is 2.28. The zero-order valence-corrected chi connectivity index (χ0v) is 16.6. The average Bonchev–Trinajstić information content (AvgIpc) is 3.14. The number of hydrogen-bond acceptors (Lipinski definition) is 5. The van der Waals surface area contributed by atoms with E-state index in [0.717, 1.165) is 61.0 Å². The Morgan fingerprint density at radius 2 is 1.62 bits per heavy atom. The lowest BCUT2D eigenvalue weighted by atomic mass is 10.1. The van der Waals surface area contributed by atoms with Crippen molar-refractivity contribution in [2.24, 2.45) is 0 Å². The van der Waals surface area contributed by atoms with Crippen LogP contribution < -0.4 is 4.90 Å². The summed E-state index contributed by atoms with van der Waals surface area (Å²) in [6.07, 6.45) is 1.85. The lowest BCUT2D eigenvalue weighted by Gasteiger charge is -2.32. The fourth-order valence-electron chi connectivity index (χ4n) is 3.83. The first kappa shape index (κ1) is 17.8. The predicted octanol–water partition coefficient (Wildman–Crippen LogP) is 3.29. The molecule has 0 atom stereocenters. The largest absolute Gasteiger partial charge is 0.338 e. The van der Waals surface area contributed by atoms with Crippen molar-refractivity contribution in [1.29, 1.82) is 0 Å². The van der Waals surface area contributed by atoms with Gasteiger partial charge in [0.25, 0.3) is 0 Å². The maximum Gasteiger partial charge on any atom is 0.225 e. The lowest BCUT2D eigenvalue weighted by molar-refractivity contribution is 0.311. The van der Waals surface area contributed by atoms with Gasteiger partial charge in [-0.3, -0.25) is 4.68 Å². The molecule has 5 rings (SSSR count). The van der Waals surface area contributed by atoms with Crippen molar-refractivity contribution in [1.82, 2.24) is 24.6 Å². The Hall–Kier alpha value is -3.25. The number of anilines is 1. The van der Waals surface area contributed by atoms with Gasteiger partial charge < -0.3 is 9.80 Å². The van der Waals surface area contributed by atoms with E-state index in [2.05, 4.69) is 75.0 Å². The molecular formula is C23H24N6. The molecule has 0 unspecified atom stereocenters.